The molecule has 1 aromatic heterocycles. The molecule has 1 atom stereocenters. The summed E-state index contributed by atoms with van der Waals surface area (Å²) in [6.07, 6.45) is 0.364. The Morgan fingerprint density at radius 1 is 1.32 bits per heavy atom. The van der Waals surface area contributed by atoms with Gasteiger partial charge in [0.2, 0.25) is 11.0 Å². The number of anilines is 2. The van der Waals surface area contributed by atoms with E-state index in [2.05, 4.69) is 15.5 Å². The lowest BCUT2D eigenvalue weighted by atomic mass is 10.1. The van der Waals surface area contributed by atoms with Crippen LogP contribution in [-0.4, -0.2) is 33.4 Å². The standard InChI is InChI=1S/C16H16Cl2N4O2S/c1-8-3-4-11(5-9(8)2)22-7-10(6-12(22)23)15-20-21-16(25-15)19-14(24)13(17)18/h3-5,10,13H,6-7H2,1-2H3,(H,19,21,24). The van der Waals surface area contributed by atoms with Crippen molar-refractivity contribution in [3.8, 4) is 0 Å². The molecule has 6 nitrogen and oxygen atoms in total. The van der Waals surface area contributed by atoms with Crippen LogP contribution in [0, 0.1) is 13.8 Å². The van der Waals surface area contributed by atoms with Gasteiger partial charge in [0.1, 0.15) is 5.01 Å². The Morgan fingerprint density at radius 3 is 2.76 bits per heavy atom. The number of aromatic nitrogens is 2. The number of nitrogens with zero attached hydrogens (tertiary/aromatic N) is 3. The first kappa shape index (κ1) is 18.1. The van der Waals surface area contributed by atoms with Crippen molar-refractivity contribution in [2.75, 3.05) is 16.8 Å². The van der Waals surface area contributed by atoms with Crippen molar-refractivity contribution in [3.05, 3.63) is 34.3 Å². The van der Waals surface area contributed by atoms with Crippen molar-refractivity contribution in [3.63, 3.8) is 0 Å². The van der Waals surface area contributed by atoms with Crippen LogP contribution in [0.2, 0.25) is 0 Å². The molecule has 132 valence electrons. The Kier molecular flexibility index (Phi) is 5.27. The molecule has 1 saturated heterocycles. The number of rotatable bonds is 4. The van der Waals surface area contributed by atoms with Gasteiger partial charge in [-0.25, -0.2) is 0 Å². The summed E-state index contributed by atoms with van der Waals surface area (Å²) < 4.78 is 0. The van der Waals surface area contributed by atoms with Gasteiger partial charge in [0, 0.05) is 24.6 Å². The largest absolute Gasteiger partial charge is 0.312 e. The molecular weight excluding hydrogens is 383 g/mol. The molecule has 9 heteroatoms. The van der Waals surface area contributed by atoms with Gasteiger partial charge in [-0.15, -0.1) is 10.2 Å². The Balaban J connectivity index is 1.73. The molecule has 1 aromatic carbocycles. The number of alkyl halides is 2. The summed E-state index contributed by atoms with van der Waals surface area (Å²) >= 11 is 12.2. The second-order valence-electron chi connectivity index (χ2n) is 5.91. The van der Waals surface area contributed by atoms with Crippen LogP contribution in [0.1, 0.15) is 28.5 Å². The minimum Gasteiger partial charge on any atom is -0.312 e. The van der Waals surface area contributed by atoms with Crippen LogP contribution < -0.4 is 10.2 Å². The van der Waals surface area contributed by atoms with E-state index in [9.17, 15) is 9.59 Å². The normalized spacial score (nSPS) is 17.4. The second kappa shape index (κ2) is 7.27. The molecule has 2 amide bonds. The molecule has 0 spiro atoms. The minimum absolute atomic E-state index is 0.0515. The zero-order valence-electron chi connectivity index (χ0n) is 13.6. The molecule has 1 N–H and O–H groups in total. The second-order valence-corrected chi connectivity index (χ2v) is 8.01. The van der Waals surface area contributed by atoms with E-state index in [1.54, 1.807) is 4.90 Å². The average molecular weight is 399 g/mol. The van der Waals surface area contributed by atoms with Crippen LogP contribution in [0.15, 0.2) is 18.2 Å². The highest BCUT2D eigenvalue weighted by atomic mass is 35.5. The first-order chi connectivity index (χ1) is 11.8. The van der Waals surface area contributed by atoms with E-state index in [-0.39, 0.29) is 11.8 Å². The third-order valence-corrected chi connectivity index (χ3v) is 5.54. The molecule has 0 saturated carbocycles. The van der Waals surface area contributed by atoms with Gasteiger partial charge in [0.25, 0.3) is 5.91 Å². The van der Waals surface area contributed by atoms with Crippen LogP contribution in [0.4, 0.5) is 10.8 Å². The fourth-order valence-corrected chi connectivity index (χ4v) is 3.57. The summed E-state index contributed by atoms with van der Waals surface area (Å²) in [5.74, 6) is -0.555. The monoisotopic (exact) mass is 398 g/mol. The van der Waals surface area contributed by atoms with Crippen molar-refractivity contribution in [2.45, 2.75) is 31.0 Å². The number of halogens is 2. The Morgan fingerprint density at radius 2 is 2.08 bits per heavy atom. The predicted molar refractivity (Wildman–Crippen MR) is 99.7 cm³/mol. The van der Waals surface area contributed by atoms with Gasteiger partial charge in [-0.2, -0.15) is 0 Å². The van der Waals surface area contributed by atoms with E-state index >= 15 is 0 Å². The van der Waals surface area contributed by atoms with Gasteiger partial charge in [-0.05, 0) is 37.1 Å². The Hall–Kier alpha value is -1.70. The van der Waals surface area contributed by atoms with Crippen LogP contribution in [0.25, 0.3) is 0 Å². The molecule has 2 heterocycles. The van der Waals surface area contributed by atoms with Crippen molar-refractivity contribution in [1.29, 1.82) is 0 Å². The molecule has 3 rings (SSSR count). The maximum absolute atomic E-state index is 12.4. The maximum Gasteiger partial charge on any atom is 0.259 e. The number of benzene rings is 1. The third kappa shape index (κ3) is 3.94. The molecular formula is C16H16Cl2N4O2S. The molecule has 1 fully saturated rings. The molecule has 1 aliphatic rings. The van der Waals surface area contributed by atoms with Gasteiger partial charge in [0.15, 0.2) is 4.84 Å². The maximum atomic E-state index is 12.4. The number of hydrogen-bond donors (Lipinski definition) is 1. The predicted octanol–water partition coefficient (Wildman–Crippen LogP) is 3.42. The lowest BCUT2D eigenvalue weighted by molar-refractivity contribution is -0.117. The summed E-state index contributed by atoms with van der Waals surface area (Å²) in [7, 11) is 0. The zero-order chi connectivity index (χ0) is 18.1. The molecule has 0 bridgehead atoms. The molecule has 1 unspecified atom stereocenters. The SMILES string of the molecule is Cc1ccc(N2CC(c3nnc(NC(=O)C(Cl)Cl)s3)CC2=O)cc1C. The smallest absolute Gasteiger partial charge is 0.259 e. The van der Waals surface area contributed by atoms with Gasteiger partial charge in [-0.3, -0.25) is 14.9 Å². The number of carbonyl (C=O) groups is 2. The van der Waals surface area contributed by atoms with E-state index in [1.807, 2.05) is 32.0 Å². The van der Waals surface area contributed by atoms with Crippen LogP contribution in [0.3, 0.4) is 0 Å². The fourth-order valence-electron chi connectivity index (χ4n) is 2.63. The molecule has 0 aliphatic carbocycles. The van der Waals surface area contributed by atoms with Gasteiger partial charge < -0.3 is 4.90 Å². The number of nitrogens with one attached hydrogen (secondary N) is 1. The lowest BCUT2D eigenvalue weighted by Crippen LogP contribution is -2.24. The Labute approximate surface area is 159 Å². The number of aryl methyl sites for hydroxylation is 2. The van der Waals surface area contributed by atoms with Crippen molar-refractivity contribution in [1.82, 2.24) is 10.2 Å². The quantitative estimate of drug-likeness (QED) is 0.800. The summed E-state index contributed by atoms with van der Waals surface area (Å²) in [4.78, 5) is 24.5. The van der Waals surface area contributed by atoms with E-state index < -0.39 is 10.7 Å². The highest BCUT2D eigenvalue weighted by Gasteiger charge is 2.34. The highest BCUT2D eigenvalue weighted by molar-refractivity contribution is 7.15. The summed E-state index contributed by atoms with van der Waals surface area (Å²) in [5.41, 5.74) is 3.22. The van der Waals surface area contributed by atoms with Crippen LogP contribution in [0.5, 0.6) is 0 Å². The molecule has 0 radical (unpaired) electrons. The third-order valence-electron chi connectivity index (χ3n) is 4.15. The number of hydrogen-bond acceptors (Lipinski definition) is 5. The lowest BCUT2D eigenvalue weighted by Gasteiger charge is -2.17. The number of carbonyl (C=O) groups excluding carboxylic acids is 2. The number of amides is 2. The molecule has 1 aliphatic heterocycles. The van der Waals surface area contributed by atoms with E-state index in [0.717, 1.165) is 11.3 Å². The van der Waals surface area contributed by atoms with Crippen molar-refractivity contribution in [2.24, 2.45) is 0 Å². The highest BCUT2D eigenvalue weighted by Crippen LogP contribution is 2.34. The van der Waals surface area contributed by atoms with E-state index in [1.165, 1.54) is 16.9 Å². The summed E-state index contributed by atoms with van der Waals surface area (Å²) in [6, 6.07) is 5.98. The Bertz CT molecular complexity index is 824. The average Bonchev–Trinajstić information content (AvgIpc) is 3.16. The van der Waals surface area contributed by atoms with E-state index in [0.29, 0.717) is 23.1 Å². The summed E-state index contributed by atoms with van der Waals surface area (Å²) in [5, 5.41) is 11.5. The zero-order valence-corrected chi connectivity index (χ0v) is 16.0. The first-order valence-electron chi connectivity index (χ1n) is 7.65. The van der Waals surface area contributed by atoms with Crippen LogP contribution >= 0.6 is 34.5 Å². The molecule has 25 heavy (non-hydrogen) atoms. The fraction of sp³-hybridized carbons (Fsp3) is 0.375. The van der Waals surface area contributed by atoms with Crippen molar-refractivity contribution >= 4 is 57.2 Å². The van der Waals surface area contributed by atoms with Crippen LogP contribution in [-0.2, 0) is 9.59 Å². The van der Waals surface area contributed by atoms with Gasteiger partial charge in [-0.1, -0.05) is 40.6 Å². The minimum atomic E-state index is -1.17. The topological polar surface area (TPSA) is 75.2 Å². The van der Waals surface area contributed by atoms with E-state index in [4.69, 9.17) is 23.2 Å². The van der Waals surface area contributed by atoms with Crippen molar-refractivity contribution < 1.29 is 9.59 Å². The summed E-state index contributed by atoms with van der Waals surface area (Å²) in [6.45, 7) is 4.60. The molecule has 2 aromatic rings. The van der Waals surface area contributed by atoms with Gasteiger partial charge in [0.05, 0.1) is 0 Å². The van der Waals surface area contributed by atoms with Gasteiger partial charge >= 0.3 is 0 Å². The first-order valence-corrected chi connectivity index (χ1v) is 9.34.